The Kier molecular flexibility index (Phi) is 3.85. The maximum atomic E-state index is 12.6. The average Bonchev–Trinajstić information content (AvgIpc) is 2.95. The van der Waals surface area contributed by atoms with Gasteiger partial charge in [0.05, 0.1) is 18.8 Å². The lowest BCUT2D eigenvalue weighted by molar-refractivity contribution is -0.141. The van der Waals surface area contributed by atoms with E-state index in [1.54, 1.807) is 4.90 Å². The van der Waals surface area contributed by atoms with Crippen molar-refractivity contribution in [2.24, 2.45) is 0 Å². The van der Waals surface area contributed by atoms with E-state index in [1.807, 2.05) is 12.1 Å². The van der Waals surface area contributed by atoms with Crippen molar-refractivity contribution in [1.82, 2.24) is 20.0 Å². The van der Waals surface area contributed by atoms with Gasteiger partial charge in [0.15, 0.2) is 5.69 Å². The molecule has 2 saturated heterocycles. The van der Waals surface area contributed by atoms with Crippen molar-refractivity contribution in [2.45, 2.75) is 24.7 Å². The van der Waals surface area contributed by atoms with Crippen molar-refractivity contribution >= 4 is 5.91 Å². The zero-order valence-corrected chi connectivity index (χ0v) is 12.1. The highest BCUT2D eigenvalue weighted by Crippen LogP contribution is 2.29. The van der Waals surface area contributed by atoms with Gasteiger partial charge in [0.25, 0.3) is 5.91 Å². The molecule has 1 amide bonds. The minimum absolute atomic E-state index is 0.0603. The predicted octanol–water partition coefficient (Wildman–Crippen LogP) is 0.974. The largest absolute Gasteiger partial charge is 0.432 e. The number of carbonyl (C=O) groups excluding carboxylic acids is 1. The summed E-state index contributed by atoms with van der Waals surface area (Å²) in [6, 6.07) is 0.616. The summed E-state index contributed by atoms with van der Waals surface area (Å²) >= 11 is 0. The third kappa shape index (κ3) is 2.82. The van der Waals surface area contributed by atoms with Crippen molar-refractivity contribution in [3.8, 4) is 0 Å². The zero-order valence-electron chi connectivity index (χ0n) is 12.1. The SMILES string of the molecule is CN1CC[C@H]2OCCN(C(=O)c3cc(C(F)(F)F)[nH]n3)[C@@H]2C1. The summed E-state index contributed by atoms with van der Waals surface area (Å²) in [4.78, 5) is 16.2. The lowest BCUT2D eigenvalue weighted by atomic mass is 9.99. The van der Waals surface area contributed by atoms with Gasteiger partial charge in [-0.15, -0.1) is 0 Å². The van der Waals surface area contributed by atoms with Gasteiger partial charge in [-0.3, -0.25) is 9.89 Å². The van der Waals surface area contributed by atoms with Crippen LogP contribution in [0.25, 0.3) is 0 Å². The summed E-state index contributed by atoms with van der Waals surface area (Å²) in [5, 5.41) is 5.41. The number of morpholine rings is 1. The summed E-state index contributed by atoms with van der Waals surface area (Å²) in [7, 11) is 1.95. The highest BCUT2D eigenvalue weighted by atomic mass is 19.4. The topological polar surface area (TPSA) is 61.5 Å². The number of fused-ring (bicyclic) bond motifs is 1. The van der Waals surface area contributed by atoms with Gasteiger partial charge in [-0.25, -0.2) is 0 Å². The van der Waals surface area contributed by atoms with Crippen LogP contribution in [0.2, 0.25) is 0 Å². The Bertz CT molecular complexity index is 560. The molecule has 2 atom stereocenters. The monoisotopic (exact) mass is 318 g/mol. The molecule has 0 radical (unpaired) electrons. The van der Waals surface area contributed by atoms with Gasteiger partial charge in [-0.2, -0.15) is 18.3 Å². The molecule has 3 heterocycles. The van der Waals surface area contributed by atoms with Crippen LogP contribution in [0.15, 0.2) is 6.07 Å². The fourth-order valence-corrected chi connectivity index (χ4v) is 3.01. The second-order valence-electron chi connectivity index (χ2n) is 5.69. The van der Waals surface area contributed by atoms with Gasteiger partial charge in [-0.1, -0.05) is 0 Å². The highest BCUT2D eigenvalue weighted by molar-refractivity contribution is 5.92. The molecule has 2 aliphatic heterocycles. The van der Waals surface area contributed by atoms with Crippen molar-refractivity contribution in [1.29, 1.82) is 0 Å². The van der Waals surface area contributed by atoms with Crippen LogP contribution >= 0.6 is 0 Å². The zero-order chi connectivity index (χ0) is 15.9. The molecule has 22 heavy (non-hydrogen) atoms. The van der Waals surface area contributed by atoms with Crippen LogP contribution in [0.5, 0.6) is 0 Å². The van der Waals surface area contributed by atoms with Gasteiger partial charge in [0.1, 0.15) is 5.69 Å². The molecule has 3 rings (SSSR count). The number of H-pyrrole nitrogens is 1. The Hall–Kier alpha value is -1.61. The van der Waals surface area contributed by atoms with Crippen LogP contribution < -0.4 is 0 Å². The maximum absolute atomic E-state index is 12.6. The molecular weight excluding hydrogens is 301 g/mol. The summed E-state index contributed by atoms with van der Waals surface area (Å²) in [6.07, 6.45) is -3.79. The van der Waals surface area contributed by atoms with Crippen LogP contribution in [0.1, 0.15) is 22.6 Å². The highest BCUT2D eigenvalue weighted by Gasteiger charge is 2.40. The number of hydrogen-bond acceptors (Lipinski definition) is 4. The van der Waals surface area contributed by atoms with E-state index >= 15 is 0 Å². The van der Waals surface area contributed by atoms with E-state index in [0.29, 0.717) is 19.7 Å². The predicted molar refractivity (Wildman–Crippen MR) is 70.3 cm³/mol. The third-order valence-corrected chi connectivity index (χ3v) is 4.15. The normalized spacial score (nSPS) is 26.8. The Morgan fingerprint density at radius 1 is 1.45 bits per heavy atom. The molecule has 1 aromatic heterocycles. The fraction of sp³-hybridized carbons (Fsp3) is 0.692. The number of likely N-dealkylation sites (N-methyl/N-ethyl adjacent to an activating group) is 1. The molecule has 0 unspecified atom stereocenters. The van der Waals surface area contributed by atoms with Crippen LogP contribution in [-0.4, -0.2) is 71.3 Å². The Morgan fingerprint density at radius 3 is 2.91 bits per heavy atom. The Labute approximate surface area is 125 Å². The summed E-state index contributed by atoms with van der Waals surface area (Å²) in [6.45, 7) is 2.28. The molecule has 0 spiro atoms. The summed E-state index contributed by atoms with van der Waals surface area (Å²) < 4.78 is 43.5. The van der Waals surface area contributed by atoms with Crippen LogP contribution in [0, 0.1) is 0 Å². The lowest BCUT2D eigenvalue weighted by Crippen LogP contribution is -2.60. The van der Waals surface area contributed by atoms with E-state index < -0.39 is 17.8 Å². The lowest BCUT2D eigenvalue weighted by Gasteiger charge is -2.46. The number of piperidine rings is 1. The number of nitrogens with zero attached hydrogens (tertiary/aromatic N) is 3. The maximum Gasteiger partial charge on any atom is 0.432 e. The quantitative estimate of drug-likeness (QED) is 0.838. The first-order valence-corrected chi connectivity index (χ1v) is 7.10. The number of amides is 1. The molecule has 2 fully saturated rings. The number of halogens is 3. The summed E-state index contributed by atoms with van der Waals surface area (Å²) in [5.41, 5.74) is -1.22. The molecule has 1 N–H and O–H groups in total. The number of ether oxygens (including phenoxy) is 1. The Morgan fingerprint density at radius 2 is 2.23 bits per heavy atom. The number of nitrogens with one attached hydrogen (secondary N) is 1. The van der Waals surface area contributed by atoms with Crippen molar-refractivity contribution in [2.75, 3.05) is 33.3 Å². The van der Waals surface area contributed by atoms with Gasteiger partial charge in [0.2, 0.25) is 0 Å². The number of rotatable bonds is 1. The van der Waals surface area contributed by atoms with Gasteiger partial charge >= 0.3 is 6.18 Å². The number of aromatic nitrogens is 2. The van der Waals surface area contributed by atoms with Crippen LogP contribution in [0.3, 0.4) is 0 Å². The smallest absolute Gasteiger partial charge is 0.374 e. The van der Waals surface area contributed by atoms with Gasteiger partial charge in [0, 0.05) is 25.7 Å². The molecule has 2 aliphatic rings. The van der Waals surface area contributed by atoms with Crippen molar-refractivity contribution in [3.05, 3.63) is 17.5 Å². The molecule has 122 valence electrons. The molecule has 0 aromatic carbocycles. The molecule has 0 aliphatic carbocycles. The number of hydrogen-bond donors (Lipinski definition) is 1. The first-order chi connectivity index (χ1) is 10.4. The molecule has 9 heteroatoms. The molecule has 0 saturated carbocycles. The number of alkyl halides is 3. The average molecular weight is 318 g/mol. The second-order valence-corrected chi connectivity index (χ2v) is 5.69. The van der Waals surface area contributed by atoms with Crippen LogP contribution in [0.4, 0.5) is 13.2 Å². The Balaban J connectivity index is 1.80. The van der Waals surface area contributed by atoms with E-state index in [2.05, 4.69) is 10.00 Å². The number of likely N-dealkylation sites (tertiary alicyclic amines) is 1. The fourth-order valence-electron chi connectivity index (χ4n) is 3.01. The first-order valence-electron chi connectivity index (χ1n) is 7.10. The van der Waals surface area contributed by atoms with Gasteiger partial charge < -0.3 is 14.5 Å². The number of aromatic amines is 1. The van der Waals surface area contributed by atoms with E-state index in [0.717, 1.165) is 19.0 Å². The molecule has 1 aromatic rings. The molecule has 0 bridgehead atoms. The molecule has 6 nitrogen and oxygen atoms in total. The molecular formula is C13H17F3N4O2. The second kappa shape index (κ2) is 5.54. The summed E-state index contributed by atoms with van der Waals surface area (Å²) in [5.74, 6) is -0.486. The van der Waals surface area contributed by atoms with E-state index in [4.69, 9.17) is 4.74 Å². The van der Waals surface area contributed by atoms with E-state index in [1.165, 1.54) is 0 Å². The first kappa shape index (κ1) is 15.3. The van der Waals surface area contributed by atoms with Gasteiger partial charge in [-0.05, 0) is 13.5 Å². The number of carbonyl (C=O) groups is 1. The van der Waals surface area contributed by atoms with E-state index in [-0.39, 0.29) is 17.8 Å². The van der Waals surface area contributed by atoms with Crippen LogP contribution in [-0.2, 0) is 10.9 Å². The van der Waals surface area contributed by atoms with Crippen molar-refractivity contribution < 1.29 is 22.7 Å². The third-order valence-electron chi connectivity index (χ3n) is 4.15. The standard InChI is InChI=1S/C13H17F3N4O2/c1-19-3-2-10-9(7-19)20(4-5-22-10)12(21)8-6-11(18-17-8)13(14,15)16/h6,9-10H,2-5,7H2,1H3,(H,17,18)/t9-,10-/m1/s1. The minimum atomic E-state index is -4.54. The minimum Gasteiger partial charge on any atom is -0.374 e. The van der Waals surface area contributed by atoms with E-state index in [9.17, 15) is 18.0 Å². The van der Waals surface area contributed by atoms with Crippen molar-refractivity contribution in [3.63, 3.8) is 0 Å².